The zero-order chi connectivity index (χ0) is 45.2. The molecule has 4 aromatic heterocycles. The van der Waals surface area contributed by atoms with E-state index in [9.17, 15) is 0 Å². The Balaban J connectivity index is 1.01. The van der Waals surface area contributed by atoms with Gasteiger partial charge in [-0.2, -0.15) is 0 Å². The van der Waals surface area contributed by atoms with Gasteiger partial charge in [0, 0.05) is 48.8 Å². The Morgan fingerprint density at radius 3 is 1.25 bits per heavy atom. The maximum atomic E-state index is 5.49. The molecule has 0 spiro atoms. The first-order chi connectivity index (χ1) is 34.2. The van der Waals surface area contributed by atoms with Gasteiger partial charge in [0.05, 0.1) is 55.9 Å². The number of nitrogens with zero attached hydrogens (tertiary/aromatic N) is 5. The third-order valence-electron chi connectivity index (χ3n) is 14.4. The second-order valence-corrected chi connectivity index (χ2v) is 18.1. The minimum absolute atomic E-state index is 0.623. The van der Waals surface area contributed by atoms with Crippen LogP contribution in [0.4, 0.5) is 0 Å². The van der Waals surface area contributed by atoms with Crippen molar-refractivity contribution in [2.45, 2.75) is 0 Å². The van der Waals surface area contributed by atoms with Crippen molar-refractivity contribution < 1.29 is 0 Å². The Morgan fingerprint density at radius 1 is 0.246 bits per heavy atom. The van der Waals surface area contributed by atoms with E-state index in [1.807, 2.05) is 0 Å². The molecule has 5 heteroatoms. The number of fused-ring (bicyclic) bond motifs is 13. The van der Waals surface area contributed by atoms with Crippen molar-refractivity contribution in [2.24, 2.45) is 0 Å². The van der Waals surface area contributed by atoms with Crippen LogP contribution in [0.1, 0.15) is 0 Å². The monoisotopic (exact) mass is 877 g/mol. The van der Waals surface area contributed by atoms with Crippen LogP contribution in [0.2, 0.25) is 0 Å². The summed E-state index contributed by atoms with van der Waals surface area (Å²) >= 11 is 0. The highest BCUT2D eigenvalue weighted by molar-refractivity contribution is 6.29. The molecule has 0 aliphatic rings. The summed E-state index contributed by atoms with van der Waals surface area (Å²) < 4.78 is 7.22. The van der Waals surface area contributed by atoms with Crippen molar-refractivity contribution >= 4 is 97.7 Å². The number of aromatic nitrogens is 5. The number of hydrogen-bond donors (Lipinski definition) is 0. The summed E-state index contributed by atoms with van der Waals surface area (Å²) in [4.78, 5) is 11.0. The van der Waals surface area contributed by atoms with Crippen molar-refractivity contribution in [1.82, 2.24) is 23.7 Å². The third kappa shape index (κ3) is 5.59. The largest absolute Gasteiger partial charge is 0.309 e. The van der Waals surface area contributed by atoms with E-state index in [-0.39, 0.29) is 0 Å². The van der Waals surface area contributed by atoms with Gasteiger partial charge < -0.3 is 9.13 Å². The van der Waals surface area contributed by atoms with Gasteiger partial charge in [-0.15, -0.1) is 0 Å². The molecule has 0 atom stereocenters. The first kappa shape index (κ1) is 37.9. The summed E-state index contributed by atoms with van der Waals surface area (Å²) in [5, 5.41) is 14.4. The van der Waals surface area contributed by atoms with Crippen LogP contribution in [0.25, 0.3) is 138 Å². The quantitative estimate of drug-likeness (QED) is 0.173. The van der Waals surface area contributed by atoms with E-state index in [0.29, 0.717) is 5.95 Å². The van der Waals surface area contributed by atoms with Crippen LogP contribution in [-0.2, 0) is 0 Å². The van der Waals surface area contributed by atoms with Crippen LogP contribution in [0.3, 0.4) is 0 Å². The van der Waals surface area contributed by atoms with Crippen LogP contribution in [0.15, 0.2) is 237 Å². The van der Waals surface area contributed by atoms with Gasteiger partial charge in [0.2, 0.25) is 5.95 Å². The van der Waals surface area contributed by atoms with Crippen molar-refractivity contribution in [2.75, 3.05) is 0 Å². The fourth-order valence-electron chi connectivity index (χ4n) is 11.4. The van der Waals surface area contributed by atoms with Gasteiger partial charge >= 0.3 is 0 Å². The minimum atomic E-state index is 0.623. The molecule has 5 nitrogen and oxygen atoms in total. The van der Waals surface area contributed by atoms with Crippen molar-refractivity contribution in [1.29, 1.82) is 0 Å². The molecule has 0 saturated carbocycles. The lowest BCUT2D eigenvalue weighted by Gasteiger charge is -2.13. The van der Waals surface area contributed by atoms with E-state index in [4.69, 9.17) is 9.97 Å². The highest BCUT2D eigenvalue weighted by atomic mass is 15.2. The number of para-hydroxylation sites is 3. The lowest BCUT2D eigenvalue weighted by Crippen LogP contribution is -2.04. The normalized spacial score (nSPS) is 12.1. The Hall–Kier alpha value is -9.32. The molecule has 0 N–H and O–H groups in total. The van der Waals surface area contributed by atoms with E-state index in [2.05, 4.69) is 250 Å². The third-order valence-corrected chi connectivity index (χ3v) is 14.4. The maximum Gasteiger partial charge on any atom is 0.235 e. The number of benzene rings is 11. The molecule has 0 amide bonds. The van der Waals surface area contributed by atoms with Gasteiger partial charge in [0.1, 0.15) is 0 Å². The average molecular weight is 878 g/mol. The molecule has 4 heterocycles. The summed E-state index contributed by atoms with van der Waals surface area (Å²) in [7, 11) is 0. The molecule has 11 aromatic carbocycles. The van der Waals surface area contributed by atoms with Crippen LogP contribution < -0.4 is 0 Å². The summed E-state index contributed by atoms with van der Waals surface area (Å²) in [5.74, 6) is 0.623. The van der Waals surface area contributed by atoms with E-state index < -0.39 is 0 Å². The van der Waals surface area contributed by atoms with E-state index in [1.54, 1.807) is 0 Å². The molecular formula is C64H39N5. The smallest absolute Gasteiger partial charge is 0.235 e. The molecule has 15 aromatic rings. The Labute approximate surface area is 396 Å². The first-order valence-corrected chi connectivity index (χ1v) is 23.6. The molecule has 0 bridgehead atoms. The van der Waals surface area contributed by atoms with E-state index in [0.717, 1.165) is 61.0 Å². The van der Waals surface area contributed by atoms with Crippen LogP contribution >= 0.6 is 0 Å². The van der Waals surface area contributed by atoms with Gasteiger partial charge in [-0.25, -0.2) is 9.97 Å². The second-order valence-electron chi connectivity index (χ2n) is 18.1. The molecule has 0 aliphatic heterocycles. The Morgan fingerprint density at radius 2 is 0.652 bits per heavy atom. The molecule has 0 fully saturated rings. The minimum Gasteiger partial charge on any atom is -0.309 e. The molecule has 15 rings (SSSR count). The Bertz CT molecular complexity index is 4520. The molecule has 0 unspecified atom stereocenters. The maximum absolute atomic E-state index is 5.49. The van der Waals surface area contributed by atoms with Gasteiger partial charge in [-0.05, 0) is 93.7 Å². The zero-order valence-electron chi connectivity index (χ0n) is 37.3. The highest BCUT2D eigenvalue weighted by Gasteiger charge is 2.24. The molecule has 0 radical (unpaired) electrons. The van der Waals surface area contributed by atoms with Gasteiger partial charge in [-0.3, -0.25) is 4.57 Å². The molecule has 0 aliphatic carbocycles. The van der Waals surface area contributed by atoms with Crippen LogP contribution in [0.5, 0.6) is 0 Å². The van der Waals surface area contributed by atoms with Crippen molar-refractivity contribution in [3.63, 3.8) is 0 Å². The van der Waals surface area contributed by atoms with Crippen molar-refractivity contribution in [3.05, 3.63) is 237 Å². The predicted octanol–water partition coefficient (Wildman–Crippen LogP) is 16.6. The van der Waals surface area contributed by atoms with Gasteiger partial charge in [-0.1, -0.05) is 170 Å². The zero-order valence-corrected chi connectivity index (χ0v) is 37.3. The summed E-state index contributed by atoms with van der Waals surface area (Å²) in [6.07, 6.45) is 0. The van der Waals surface area contributed by atoms with Gasteiger partial charge in [0.25, 0.3) is 0 Å². The van der Waals surface area contributed by atoms with E-state index >= 15 is 0 Å². The summed E-state index contributed by atoms with van der Waals surface area (Å²) in [6, 6.07) is 85.6. The summed E-state index contributed by atoms with van der Waals surface area (Å²) in [6.45, 7) is 0. The fourth-order valence-corrected chi connectivity index (χ4v) is 11.4. The standard InChI is InChI=1S/C64H39N5/c1-3-18-43-37-45(33-31-40(43)15-1)51-39-52(46-34-32-41-16-2-4-19-44(41)38-46)66-64(65-51)69-56-27-12-7-22-48(56)61-57(29-14-30-58(61)69)68-55-26-11-9-24-50(55)63-60(68)36-35-59-62(63)49-23-8-10-25-54(49)67(59)53-28-13-20-42-17-5-6-21-47(42)53/h1-39H. The average Bonchev–Trinajstić information content (AvgIpc) is 4.06. The first-order valence-electron chi connectivity index (χ1n) is 23.6. The second kappa shape index (κ2) is 14.6. The number of rotatable bonds is 5. The fraction of sp³-hybridized carbons (Fsp3) is 0. The Kier molecular flexibility index (Phi) is 8.00. The lowest BCUT2D eigenvalue weighted by atomic mass is 10.0. The predicted molar refractivity (Wildman–Crippen MR) is 288 cm³/mol. The summed E-state index contributed by atoms with van der Waals surface area (Å²) in [5.41, 5.74) is 12.8. The molecule has 0 saturated heterocycles. The van der Waals surface area contributed by atoms with E-state index in [1.165, 1.54) is 70.6 Å². The molecule has 69 heavy (non-hydrogen) atoms. The lowest BCUT2D eigenvalue weighted by molar-refractivity contribution is 0.995. The SMILES string of the molecule is c1ccc2cc(-c3cc(-c4ccc5ccccc5c4)nc(-n4c5ccccc5c5c(-n6c7ccccc7c7c8c9ccccc9n(-c9cccc%10ccccc9%10)c8ccc76)cccc54)n3)ccc2c1. The van der Waals surface area contributed by atoms with Crippen molar-refractivity contribution in [3.8, 4) is 39.8 Å². The molecular weight excluding hydrogens is 839 g/mol. The topological polar surface area (TPSA) is 40.6 Å². The molecule has 320 valence electrons. The highest BCUT2D eigenvalue weighted by Crippen LogP contribution is 2.45. The van der Waals surface area contributed by atoms with Crippen LogP contribution in [-0.4, -0.2) is 23.7 Å². The van der Waals surface area contributed by atoms with Crippen LogP contribution in [0, 0.1) is 0 Å². The van der Waals surface area contributed by atoms with Gasteiger partial charge in [0.15, 0.2) is 0 Å². The number of hydrogen-bond acceptors (Lipinski definition) is 2.